The van der Waals surface area contributed by atoms with Gasteiger partial charge in [0.25, 0.3) is 5.91 Å². The van der Waals surface area contributed by atoms with E-state index in [1.54, 1.807) is 31.2 Å². The minimum atomic E-state index is -3.82. The van der Waals surface area contributed by atoms with Gasteiger partial charge in [-0.3, -0.25) is 19.1 Å². The van der Waals surface area contributed by atoms with E-state index >= 15 is 0 Å². The van der Waals surface area contributed by atoms with Crippen LogP contribution in [0.5, 0.6) is 17.5 Å². The summed E-state index contributed by atoms with van der Waals surface area (Å²) in [6, 6.07) is 7.42. The maximum Gasteiger partial charge on any atom is 0.316 e. The average Bonchev–Trinajstić information content (AvgIpc) is 3.99. The number of ether oxygens (including phenoxy) is 3. The molecular formula is C33H41N5O8S. The van der Waals surface area contributed by atoms with E-state index < -0.39 is 50.6 Å². The van der Waals surface area contributed by atoms with Crippen molar-refractivity contribution in [3.8, 4) is 28.8 Å². The third kappa shape index (κ3) is 6.92. The Balaban J connectivity index is 1.27. The lowest BCUT2D eigenvalue weighted by Gasteiger charge is -2.26. The van der Waals surface area contributed by atoms with Crippen LogP contribution in [0.3, 0.4) is 0 Å². The number of amides is 3. The standard InChI is InChI=1S/C33H41N5O8S/c1-38-15-7-5-4-6-8-21-18-33(21,31(41)37-47(42,43)24-13-14-24)36-29(39)25-16-23(17-26(25)30(38)40)46-27-19-34-32(45-3)35-28(27)20-9-11-22(44-2)12-10-20/h6,8-12,19,21,23-26H,4-5,7,13-18H2,1-3H3,(H,36,39)(H,37,41)/b8-6+/t21-,23+,25+,26+,33-/m0/s1. The minimum absolute atomic E-state index is 0.152. The van der Waals surface area contributed by atoms with Crippen LogP contribution in [0, 0.1) is 17.8 Å². The first-order valence-corrected chi connectivity index (χ1v) is 17.6. The number of fused-ring (bicyclic) bond motifs is 2. The summed E-state index contributed by atoms with van der Waals surface area (Å²) < 4.78 is 44.6. The van der Waals surface area contributed by atoms with Crippen LogP contribution in [0.15, 0.2) is 42.6 Å². The summed E-state index contributed by atoms with van der Waals surface area (Å²) in [5, 5.41) is 2.33. The summed E-state index contributed by atoms with van der Waals surface area (Å²) in [5.41, 5.74) is -0.191. The SMILES string of the molecule is COc1ccc(-c2nc(OC)ncc2O[C@@H]2C[C@H]3C(=O)N[C@@]4(C(=O)NS(=O)(=O)C5CC5)C[C@@H]4/C=C/CCCCN(C)C(=O)[C@@H]3C2)cc1. The van der Waals surface area contributed by atoms with Gasteiger partial charge in [0.15, 0.2) is 5.75 Å². The number of aromatic nitrogens is 2. The molecule has 1 aliphatic heterocycles. The number of sulfonamides is 1. The van der Waals surface area contributed by atoms with Crippen LogP contribution in [0.25, 0.3) is 11.3 Å². The maximum atomic E-state index is 14.1. The molecule has 3 amide bonds. The van der Waals surface area contributed by atoms with E-state index in [0.29, 0.717) is 36.6 Å². The van der Waals surface area contributed by atoms with Crippen LogP contribution in [0.4, 0.5) is 0 Å². The Hall–Kier alpha value is -4.20. The van der Waals surface area contributed by atoms with Gasteiger partial charge in [0.05, 0.1) is 37.5 Å². The normalized spacial score (nSPS) is 28.6. The van der Waals surface area contributed by atoms with Crippen molar-refractivity contribution >= 4 is 27.7 Å². The molecule has 0 spiro atoms. The molecule has 3 aliphatic carbocycles. The summed E-state index contributed by atoms with van der Waals surface area (Å²) in [4.78, 5) is 51.8. The quantitative estimate of drug-likeness (QED) is 0.400. The fourth-order valence-electron chi connectivity index (χ4n) is 6.57. The van der Waals surface area contributed by atoms with Gasteiger partial charge in [0.1, 0.15) is 23.1 Å². The molecule has 0 unspecified atom stereocenters. The number of carbonyl (C=O) groups excluding carboxylic acids is 3. The van der Waals surface area contributed by atoms with Crippen LogP contribution >= 0.6 is 0 Å². The van der Waals surface area contributed by atoms with Crippen molar-refractivity contribution in [1.29, 1.82) is 0 Å². The fraction of sp³-hybridized carbons (Fsp3) is 0.545. The molecule has 14 heteroatoms. The smallest absolute Gasteiger partial charge is 0.316 e. The predicted molar refractivity (Wildman–Crippen MR) is 171 cm³/mol. The summed E-state index contributed by atoms with van der Waals surface area (Å²) in [7, 11) is 0.964. The van der Waals surface area contributed by atoms with Crippen LogP contribution < -0.4 is 24.2 Å². The topological polar surface area (TPSA) is 166 Å². The van der Waals surface area contributed by atoms with E-state index in [9.17, 15) is 22.8 Å². The first-order valence-electron chi connectivity index (χ1n) is 16.1. The first kappa shape index (κ1) is 32.7. The van der Waals surface area contributed by atoms with Gasteiger partial charge < -0.3 is 24.4 Å². The van der Waals surface area contributed by atoms with Crippen molar-refractivity contribution in [3.63, 3.8) is 0 Å². The van der Waals surface area contributed by atoms with Gasteiger partial charge in [0.2, 0.25) is 21.8 Å². The van der Waals surface area contributed by atoms with Gasteiger partial charge in [-0.2, -0.15) is 9.97 Å². The van der Waals surface area contributed by atoms with E-state index in [2.05, 4.69) is 20.0 Å². The average molecular weight is 668 g/mol. The van der Waals surface area contributed by atoms with Crippen molar-refractivity contribution in [1.82, 2.24) is 24.9 Å². The van der Waals surface area contributed by atoms with Crippen LogP contribution in [-0.4, -0.2) is 85.7 Å². The second-order valence-electron chi connectivity index (χ2n) is 12.9. The van der Waals surface area contributed by atoms with E-state index in [1.165, 1.54) is 13.3 Å². The van der Waals surface area contributed by atoms with Crippen molar-refractivity contribution in [2.45, 2.75) is 68.3 Å². The highest BCUT2D eigenvalue weighted by molar-refractivity contribution is 7.91. The summed E-state index contributed by atoms with van der Waals surface area (Å²) in [6.45, 7) is 0.547. The van der Waals surface area contributed by atoms with E-state index in [4.69, 9.17) is 14.2 Å². The van der Waals surface area contributed by atoms with Gasteiger partial charge in [-0.1, -0.05) is 12.2 Å². The maximum absolute atomic E-state index is 14.1. The van der Waals surface area contributed by atoms with Crippen molar-refractivity contribution in [2.24, 2.45) is 17.8 Å². The lowest BCUT2D eigenvalue weighted by molar-refractivity contribution is -0.140. The zero-order chi connectivity index (χ0) is 33.3. The molecule has 5 atom stereocenters. The molecule has 2 N–H and O–H groups in total. The zero-order valence-corrected chi connectivity index (χ0v) is 27.6. The third-order valence-electron chi connectivity index (χ3n) is 9.57. The predicted octanol–water partition coefficient (Wildman–Crippen LogP) is 2.62. The number of nitrogens with zero attached hydrogens (tertiary/aromatic N) is 3. The van der Waals surface area contributed by atoms with Crippen molar-refractivity contribution in [3.05, 3.63) is 42.6 Å². The van der Waals surface area contributed by atoms with Crippen LogP contribution in [0.2, 0.25) is 0 Å². The number of rotatable bonds is 8. The fourth-order valence-corrected chi connectivity index (χ4v) is 7.93. The van der Waals surface area contributed by atoms with E-state index in [-0.39, 0.29) is 37.1 Å². The van der Waals surface area contributed by atoms with Gasteiger partial charge in [-0.15, -0.1) is 0 Å². The summed E-state index contributed by atoms with van der Waals surface area (Å²) in [6.07, 6.45) is 8.93. The molecule has 252 valence electrons. The molecule has 2 heterocycles. The second-order valence-corrected chi connectivity index (χ2v) is 14.8. The first-order chi connectivity index (χ1) is 22.5. The number of methoxy groups -OCH3 is 2. The minimum Gasteiger partial charge on any atom is -0.497 e. The number of hydrogen-bond donors (Lipinski definition) is 2. The Labute approximate surface area is 274 Å². The van der Waals surface area contributed by atoms with Gasteiger partial charge in [-0.25, -0.2) is 8.42 Å². The molecular weight excluding hydrogens is 626 g/mol. The summed E-state index contributed by atoms with van der Waals surface area (Å²) >= 11 is 0. The Morgan fingerprint density at radius 3 is 2.51 bits per heavy atom. The Morgan fingerprint density at radius 1 is 1.06 bits per heavy atom. The molecule has 2 aromatic rings. The van der Waals surface area contributed by atoms with Gasteiger partial charge in [0, 0.05) is 25.1 Å². The van der Waals surface area contributed by atoms with Crippen molar-refractivity contribution < 1.29 is 37.0 Å². The Kier molecular flexibility index (Phi) is 9.14. The number of carbonyl (C=O) groups is 3. The monoisotopic (exact) mass is 667 g/mol. The van der Waals surface area contributed by atoms with Gasteiger partial charge in [-0.05, 0) is 75.6 Å². The van der Waals surface area contributed by atoms with Crippen molar-refractivity contribution in [2.75, 3.05) is 27.8 Å². The number of benzene rings is 1. The molecule has 6 rings (SSSR count). The van der Waals surface area contributed by atoms with Crippen LogP contribution in [0.1, 0.15) is 51.4 Å². The third-order valence-corrected chi connectivity index (χ3v) is 11.4. The van der Waals surface area contributed by atoms with Crippen LogP contribution in [-0.2, 0) is 24.4 Å². The van der Waals surface area contributed by atoms with E-state index in [0.717, 1.165) is 24.8 Å². The molecule has 13 nitrogen and oxygen atoms in total. The number of hydrogen-bond acceptors (Lipinski definition) is 10. The van der Waals surface area contributed by atoms with E-state index in [1.807, 2.05) is 24.3 Å². The Morgan fingerprint density at radius 2 is 1.81 bits per heavy atom. The molecule has 0 bridgehead atoms. The highest BCUT2D eigenvalue weighted by atomic mass is 32.2. The molecule has 0 saturated heterocycles. The lowest BCUT2D eigenvalue weighted by Crippen LogP contribution is -2.54. The highest BCUT2D eigenvalue weighted by Gasteiger charge is 2.62. The molecule has 0 radical (unpaired) electrons. The largest absolute Gasteiger partial charge is 0.497 e. The number of allylic oxidation sites excluding steroid dienone is 1. The number of nitrogens with one attached hydrogen (secondary N) is 2. The summed E-state index contributed by atoms with van der Waals surface area (Å²) in [5.74, 6) is -2.21. The molecule has 1 aromatic carbocycles. The lowest BCUT2D eigenvalue weighted by atomic mass is 9.93. The molecule has 1 aromatic heterocycles. The molecule has 47 heavy (non-hydrogen) atoms. The Bertz CT molecular complexity index is 1660. The zero-order valence-electron chi connectivity index (χ0n) is 26.8. The highest BCUT2D eigenvalue weighted by Crippen LogP contribution is 2.47. The molecule has 3 fully saturated rings. The second kappa shape index (κ2) is 13.1. The van der Waals surface area contributed by atoms with Gasteiger partial charge >= 0.3 is 6.01 Å². The molecule has 4 aliphatic rings. The molecule has 3 saturated carbocycles.